The summed E-state index contributed by atoms with van der Waals surface area (Å²) in [5.41, 5.74) is 2.34. The summed E-state index contributed by atoms with van der Waals surface area (Å²) in [5.74, 6) is 2.00. The fourth-order valence-electron chi connectivity index (χ4n) is 1.33. The van der Waals surface area contributed by atoms with Crippen molar-refractivity contribution in [3.05, 3.63) is 29.8 Å². The topological polar surface area (TPSA) is 24.4 Å². The van der Waals surface area contributed by atoms with Crippen LogP contribution < -0.4 is 5.32 Å². The molecule has 2 nitrogen and oxygen atoms in total. The maximum Gasteiger partial charge on any atom is 0.161 e. The van der Waals surface area contributed by atoms with Gasteiger partial charge in [0.05, 0.1) is 0 Å². The molecule has 15 heavy (non-hydrogen) atoms. The molecule has 0 spiro atoms. The van der Waals surface area contributed by atoms with E-state index in [0.717, 1.165) is 28.0 Å². The third-order valence-corrected chi connectivity index (χ3v) is 3.32. The summed E-state index contributed by atoms with van der Waals surface area (Å²) in [6.45, 7) is 2.08. The van der Waals surface area contributed by atoms with Crippen LogP contribution in [0, 0.1) is 6.92 Å². The van der Waals surface area contributed by atoms with Crippen LogP contribution in [-0.4, -0.2) is 15.9 Å². The first kappa shape index (κ1) is 10.6. The number of thioether (sulfide) groups is 1. The number of aryl methyl sites for hydroxylation is 1. The molecule has 0 radical (unpaired) electrons. The summed E-state index contributed by atoms with van der Waals surface area (Å²) in [7, 11) is 0. The van der Waals surface area contributed by atoms with Gasteiger partial charge in [-0.25, -0.2) is 4.99 Å². The number of benzene rings is 1. The van der Waals surface area contributed by atoms with Crippen LogP contribution in [0.2, 0.25) is 0 Å². The Morgan fingerprint density at radius 3 is 2.73 bits per heavy atom. The van der Waals surface area contributed by atoms with Crippen molar-refractivity contribution in [1.82, 2.24) is 0 Å². The highest BCUT2D eigenvalue weighted by atomic mass is 32.2. The first-order chi connectivity index (χ1) is 7.24. The summed E-state index contributed by atoms with van der Waals surface area (Å²) < 4.78 is 0.732. The van der Waals surface area contributed by atoms with Gasteiger partial charge in [0.25, 0.3) is 0 Å². The molecule has 78 valence electrons. The maximum atomic E-state index is 5.06. The van der Waals surface area contributed by atoms with E-state index in [1.807, 2.05) is 0 Å². The normalized spacial score (nSPS) is 16.1. The number of anilines is 1. The number of rotatable bonds is 1. The quantitative estimate of drug-likeness (QED) is 0.758. The second-order valence-electron chi connectivity index (χ2n) is 3.41. The fraction of sp³-hybridized carbons (Fsp3) is 0.273. The summed E-state index contributed by atoms with van der Waals surface area (Å²) in [4.78, 5) is 4.30. The van der Waals surface area contributed by atoms with Crippen LogP contribution in [0.1, 0.15) is 12.0 Å². The van der Waals surface area contributed by atoms with Gasteiger partial charge in [0.15, 0.2) is 4.32 Å². The van der Waals surface area contributed by atoms with Crippen LogP contribution in [0.4, 0.5) is 5.69 Å². The molecule has 1 N–H and O–H groups in total. The van der Waals surface area contributed by atoms with E-state index in [0.29, 0.717) is 0 Å². The molecule has 1 aromatic rings. The highest BCUT2D eigenvalue weighted by Crippen LogP contribution is 2.16. The van der Waals surface area contributed by atoms with Gasteiger partial charge in [-0.05, 0) is 19.1 Å². The van der Waals surface area contributed by atoms with Crippen molar-refractivity contribution in [2.45, 2.75) is 13.3 Å². The minimum absolute atomic E-state index is 0.732. The molecule has 0 atom stereocenters. The molecule has 0 saturated heterocycles. The molecule has 1 aliphatic heterocycles. The lowest BCUT2D eigenvalue weighted by atomic mass is 10.2. The van der Waals surface area contributed by atoms with Crippen molar-refractivity contribution >= 4 is 39.8 Å². The Balaban J connectivity index is 2.08. The van der Waals surface area contributed by atoms with E-state index in [1.165, 1.54) is 5.56 Å². The first-order valence-electron chi connectivity index (χ1n) is 4.82. The highest BCUT2D eigenvalue weighted by Gasteiger charge is 2.09. The van der Waals surface area contributed by atoms with Gasteiger partial charge in [-0.1, -0.05) is 41.7 Å². The number of thiocarbonyl (C=S) groups is 1. The molecule has 0 aliphatic carbocycles. The molecule has 4 heteroatoms. The Labute approximate surface area is 99.2 Å². The predicted molar refractivity (Wildman–Crippen MR) is 71.9 cm³/mol. The average Bonchev–Trinajstić information content (AvgIpc) is 2.22. The Morgan fingerprint density at radius 2 is 2.07 bits per heavy atom. The Bertz CT molecular complexity index is 396. The van der Waals surface area contributed by atoms with Crippen molar-refractivity contribution in [2.24, 2.45) is 4.99 Å². The fourth-order valence-corrected chi connectivity index (χ4v) is 2.33. The van der Waals surface area contributed by atoms with Crippen molar-refractivity contribution < 1.29 is 0 Å². The standard InChI is InChI=1S/C11H12N2S2/c1-8-2-4-9(5-3-8)12-10-6-7-15-11(14)13-10/h2-5H,6-7H2,1H3,(H,12,13,14). The molecule has 0 aromatic heterocycles. The molecule has 0 fully saturated rings. The number of hydrogen-bond donors (Lipinski definition) is 1. The third kappa shape index (κ3) is 3.04. The number of hydrogen-bond acceptors (Lipinski definition) is 3. The first-order valence-corrected chi connectivity index (χ1v) is 6.21. The molecular formula is C11H12N2S2. The van der Waals surface area contributed by atoms with Gasteiger partial charge in [-0.2, -0.15) is 0 Å². The molecule has 1 heterocycles. The Hall–Kier alpha value is -0.870. The molecular weight excluding hydrogens is 224 g/mol. The lowest BCUT2D eigenvalue weighted by molar-refractivity contribution is 1.28. The van der Waals surface area contributed by atoms with E-state index in [2.05, 4.69) is 41.5 Å². The molecule has 0 amide bonds. The summed E-state index contributed by atoms with van der Waals surface area (Å²) in [5, 5.41) is 3.29. The second kappa shape index (κ2) is 4.77. The maximum absolute atomic E-state index is 5.06. The molecule has 0 saturated carbocycles. The third-order valence-electron chi connectivity index (χ3n) is 2.13. The number of nitrogens with one attached hydrogen (secondary N) is 1. The van der Waals surface area contributed by atoms with E-state index in [-0.39, 0.29) is 0 Å². The minimum atomic E-state index is 0.732. The van der Waals surface area contributed by atoms with Crippen LogP contribution in [0.25, 0.3) is 0 Å². The van der Waals surface area contributed by atoms with Crippen LogP contribution >= 0.6 is 24.0 Å². The zero-order chi connectivity index (χ0) is 10.7. The summed E-state index contributed by atoms with van der Waals surface area (Å²) >= 11 is 6.69. The SMILES string of the molecule is Cc1ccc(NC2=NC(=S)SCC2)cc1. The Kier molecular flexibility index (Phi) is 3.38. The van der Waals surface area contributed by atoms with E-state index in [9.17, 15) is 0 Å². The summed E-state index contributed by atoms with van der Waals surface area (Å²) in [6, 6.07) is 8.28. The van der Waals surface area contributed by atoms with Crippen molar-refractivity contribution in [1.29, 1.82) is 0 Å². The van der Waals surface area contributed by atoms with E-state index < -0.39 is 0 Å². The van der Waals surface area contributed by atoms with Gasteiger partial charge in [0.1, 0.15) is 5.84 Å². The van der Waals surface area contributed by atoms with Crippen LogP contribution in [-0.2, 0) is 0 Å². The highest BCUT2D eigenvalue weighted by molar-refractivity contribution is 8.23. The zero-order valence-electron chi connectivity index (χ0n) is 8.49. The molecule has 1 aromatic carbocycles. The number of nitrogens with zero attached hydrogens (tertiary/aromatic N) is 1. The van der Waals surface area contributed by atoms with Crippen LogP contribution in [0.15, 0.2) is 29.3 Å². The van der Waals surface area contributed by atoms with Gasteiger partial charge >= 0.3 is 0 Å². The molecule has 1 aliphatic rings. The van der Waals surface area contributed by atoms with E-state index in [1.54, 1.807) is 11.8 Å². The molecule has 2 rings (SSSR count). The number of amidine groups is 1. The van der Waals surface area contributed by atoms with E-state index >= 15 is 0 Å². The van der Waals surface area contributed by atoms with Crippen LogP contribution in [0.5, 0.6) is 0 Å². The van der Waals surface area contributed by atoms with Gasteiger partial charge in [-0.15, -0.1) is 0 Å². The molecule has 0 unspecified atom stereocenters. The minimum Gasteiger partial charge on any atom is -0.344 e. The van der Waals surface area contributed by atoms with Gasteiger partial charge in [0.2, 0.25) is 0 Å². The van der Waals surface area contributed by atoms with Crippen molar-refractivity contribution in [2.75, 3.05) is 11.1 Å². The summed E-state index contributed by atoms with van der Waals surface area (Å²) in [6.07, 6.45) is 0.957. The zero-order valence-corrected chi connectivity index (χ0v) is 10.1. The largest absolute Gasteiger partial charge is 0.344 e. The average molecular weight is 236 g/mol. The number of aliphatic imine (C=N–C) groups is 1. The Morgan fingerprint density at radius 1 is 1.33 bits per heavy atom. The lowest BCUT2D eigenvalue weighted by Crippen LogP contribution is -2.17. The van der Waals surface area contributed by atoms with Gasteiger partial charge < -0.3 is 5.32 Å². The van der Waals surface area contributed by atoms with Crippen molar-refractivity contribution in [3.63, 3.8) is 0 Å². The smallest absolute Gasteiger partial charge is 0.161 e. The monoisotopic (exact) mass is 236 g/mol. The van der Waals surface area contributed by atoms with Gasteiger partial charge in [0, 0.05) is 17.9 Å². The van der Waals surface area contributed by atoms with Crippen molar-refractivity contribution in [3.8, 4) is 0 Å². The molecule has 0 bridgehead atoms. The van der Waals surface area contributed by atoms with Crippen LogP contribution in [0.3, 0.4) is 0 Å². The van der Waals surface area contributed by atoms with Gasteiger partial charge in [-0.3, -0.25) is 0 Å². The lowest BCUT2D eigenvalue weighted by Gasteiger charge is -2.13. The van der Waals surface area contributed by atoms with E-state index in [4.69, 9.17) is 12.2 Å². The predicted octanol–water partition coefficient (Wildman–Crippen LogP) is 3.23. The second-order valence-corrected chi connectivity index (χ2v) is 5.14.